The largest absolute Gasteiger partial charge is 0.264 e. The lowest BCUT2D eigenvalue weighted by Gasteiger charge is -1.94. The molecule has 15 heavy (non-hydrogen) atoms. The molecule has 2 heterocycles. The van der Waals surface area contributed by atoms with E-state index in [4.69, 9.17) is 10.7 Å². The van der Waals surface area contributed by atoms with E-state index in [-0.39, 0.29) is 4.90 Å². The van der Waals surface area contributed by atoms with Crippen molar-refractivity contribution >= 4 is 25.5 Å². The first-order valence-corrected chi connectivity index (χ1v) is 6.47. The van der Waals surface area contributed by atoms with Crippen molar-refractivity contribution in [2.75, 3.05) is 0 Å². The smallest absolute Gasteiger partial charge is 0.218 e. The molecule has 0 N–H and O–H groups in total. The van der Waals surface area contributed by atoms with Crippen LogP contribution in [0.5, 0.6) is 0 Å². The van der Waals surface area contributed by atoms with Gasteiger partial charge in [0, 0.05) is 17.1 Å². The van der Waals surface area contributed by atoms with E-state index in [0.29, 0.717) is 18.0 Å². The Kier molecular flexibility index (Phi) is 2.35. The van der Waals surface area contributed by atoms with Gasteiger partial charge in [0.05, 0.1) is 12.4 Å². The highest BCUT2D eigenvalue weighted by Crippen LogP contribution is 2.13. The summed E-state index contributed by atoms with van der Waals surface area (Å²) in [6.45, 7) is 1.90. The Morgan fingerprint density at radius 2 is 2.27 bits per heavy atom. The average Bonchev–Trinajstić information content (AvgIpc) is 2.57. The van der Waals surface area contributed by atoms with Gasteiger partial charge in [-0.25, -0.2) is 17.9 Å². The molecule has 0 aliphatic heterocycles. The summed E-state index contributed by atoms with van der Waals surface area (Å²) < 4.78 is 23.3. The average molecular weight is 247 g/mol. The number of rotatable bonds is 2. The highest BCUT2D eigenvalue weighted by atomic mass is 35.7. The van der Waals surface area contributed by atoms with Crippen LogP contribution in [0, 0.1) is 0 Å². The minimum atomic E-state index is -3.77. The fourth-order valence-electron chi connectivity index (χ4n) is 1.08. The van der Waals surface area contributed by atoms with E-state index in [2.05, 4.69) is 15.1 Å². The number of fused-ring (bicyclic) bond motifs is 1. The molecule has 0 fully saturated rings. The third kappa shape index (κ3) is 1.93. The third-order valence-electron chi connectivity index (χ3n) is 1.81. The topological polar surface area (TPSA) is 77.2 Å². The van der Waals surface area contributed by atoms with E-state index in [9.17, 15) is 8.42 Å². The normalized spacial score (nSPS) is 12.1. The molecule has 2 rings (SSSR count). The fourth-order valence-corrected chi connectivity index (χ4v) is 1.73. The van der Waals surface area contributed by atoms with Crippen LogP contribution in [0.4, 0.5) is 0 Å². The Morgan fingerprint density at radius 3 is 2.87 bits per heavy atom. The van der Waals surface area contributed by atoms with Crippen LogP contribution in [-0.4, -0.2) is 28.0 Å². The van der Waals surface area contributed by atoms with Gasteiger partial charge >= 0.3 is 0 Å². The Bertz CT molecular complexity index is 606. The van der Waals surface area contributed by atoms with Crippen LogP contribution < -0.4 is 0 Å². The van der Waals surface area contributed by atoms with Crippen molar-refractivity contribution in [1.82, 2.24) is 19.6 Å². The standard InChI is InChI=1S/C7H7ClN4O2S/c1-2-6-10-7-9-3-5(15(8,13)14)4-12(7)11-6/h3-4H,2H2,1H3. The van der Waals surface area contributed by atoms with Gasteiger partial charge in [0.25, 0.3) is 14.8 Å². The Hall–Kier alpha value is -1.21. The zero-order chi connectivity index (χ0) is 11.1. The number of aromatic nitrogens is 4. The molecule has 6 nitrogen and oxygen atoms in total. The van der Waals surface area contributed by atoms with E-state index < -0.39 is 9.05 Å². The molecule has 2 aromatic rings. The maximum atomic E-state index is 11.0. The molecule has 0 atom stereocenters. The maximum absolute atomic E-state index is 11.0. The van der Waals surface area contributed by atoms with Crippen molar-refractivity contribution in [3.05, 3.63) is 18.2 Å². The summed E-state index contributed by atoms with van der Waals surface area (Å²) in [5.74, 6) is 0.961. The van der Waals surface area contributed by atoms with Gasteiger partial charge in [-0.3, -0.25) is 0 Å². The lowest BCUT2D eigenvalue weighted by molar-refractivity contribution is 0.608. The lowest BCUT2D eigenvalue weighted by atomic mass is 10.5. The van der Waals surface area contributed by atoms with Crippen LogP contribution in [0.15, 0.2) is 17.3 Å². The van der Waals surface area contributed by atoms with Gasteiger partial charge in [-0.1, -0.05) is 6.92 Å². The predicted octanol–water partition coefficient (Wildman–Crippen LogP) is 0.614. The van der Waals surface area contributed by atoms with E-state index in [1.54, 1.807) is 0 Å². The summed E-state index contributed by atoms with van der Waals surface area (Å²) in [4.78, 5) is 7.81. The number of hydrogen-bond acceptors (Lipinski definition) is 5. The van der Waals surface area contributed by atoms with Crippen LogP contribution in [0.25, 0.3) is 5.78 Å². The molecular weight excluding hydrogens is 240 g/mol. The predicted molar refractivity (Wildman–Crippen MR) is 53.2 cm³/mol. The molecule has 0 aromatic carbocycles. The van der Waals surface area contributed by atoms with Gasteiger partial charge in [-0.15, -0.1) is 5.10 Å². The van der Waals surface area contributed by atoms with Gasteiger partial charge in [0.1, 0.15) is 4.90 Å². The van der Waals surface area contributed by atoms with Crippen molar-refractivity contribution in [2.45, 2.75) is 18.2 Å². The van der Waals surface area contributed by atoms with Crippen LogP contribution in [0.3, 0.4) is 0 Å². The van der Waals surface area contributed by atoms with Crippen molar-refractivity contribution in [1.29, 1.82) is 0 Å². The minimum absolute atomic E-state index is 0.0933. The molecule has 0 unspecified atom stereocenters. The summed E-state index contributed by atoms with van der Waals surface area (Å²) in [5.41, 5.74) is 0. The summed E-state index contributed by atoms with van der Waals surface area (Å²) in [5, 5.41) is 4.03. The molecule has 80 valence electrons. The first kappa shape index (κ1) is 10.3. The molecule has 0 saturated carbocycles. The van der Waals surface area contributed by atoms with Gasteiger partial charge in [0.2, 0.25) is 0 Å². The molecule has 2 aromatic heterocycles. The van der Waals surface area contributed by atoms with Gasteiger partial charge in [-0.2, -0.15) is 4.98 Å². The monoisotopic (exact) mass is 246 g/mol. The number of nitrogens with zero attached hydrogens (tertiary/aromatic N) is 4. The van der Waals surface area contributed by atoms with Crippen molar-refractivity contribution < 1.29 is 8.42 Å². The lowest BCUT2D eigenvalue weighted by Crippen LogP contribution is -1.97. The van der Waals surface area contributed by atoms with E-state index >= 15 is 0 Å². The van der Waals surface area contributed by atoms with Crippen molar-refractivity contribution in [2.24, 2.45) is 0 Å². The van der Waals surface area contributed by atoms with E-state index in [1.807, 2.05) is 6.92 Å². The van der Waals surface area contributed by atoms with Gasteiger partial charge < -0.3 is 0 Å². The molecule has 0 radical (unpaired) electrons. The van der Waals surface area contributed by atoms with Gasteiger partial charge in [-0.05, 0) is 0 Å². The van der Waals surface area contributed by atoms with Gasteiger partial charge in [0.15, 0.2) is 5.82 Å². The molecule has 0 bridgehead atoms. The highest BCUT2D eigenvalue weighted by molar-refractivity contribution is 8.13. The quantitative estimate of drug-likeness (QED) is 0.726. The molecular formula is C7H7ClN4O2S. The molecule has 0 spiro atoms. The first-order valence-electron chi connectivity index (χ1n) is 4.16. The Morgan fingerprint density at radius 1 is 1.53 bits per heavy atom. The summed E-state index contributed by atoms with van der Waals surface area (Å²) in [6, 6.07) is 0. The zero-order valence-corrected chi connectivity index (χ0v) is 9.33. The molecule has 0 saturated heterocycles. The number of hydrogen-bond donors (Lipinski definition) is 0. The maximum Gasteiger partial charge on any atom is 0.264 e. The minimum Gasteiger partial charge on any atom is -0.218 e. The molecule has 0 aliphatic rings. The third-order valence-corrected chi connectivity index (χ3v) is 3.12. The number of halogens is 1. The second-order valence-electron chi connectivity index (χ2n) is 2.85. The van der Waals surface area contributed by atoms with Crippen LogP contribution in [0.1, 0.15) is 12.7 Å². The van der Waals surface area contributed by atoms with E-state index in [1.165, 1.54) is 10.7 Å². The Labute approximate surface area is 90.3 Å². The zero-order valence-electron chi connectivity index (χ0n) is 7.75. The number of aryl methyl sites for hydroxylation is 1. The molecule has 8 heteroatoms. The summed E-state index contributed by atoms with van der Waals surface area (Å²) in [7, 11) is 1.40. The fraction of sp³-hybridized carbons (Fsp3) is 0.286. The van der Waals surface area contributed by atoms with Crippen LogP contribution in [-0.2, 0) is 15.5 Å². The van der Waals surface area contributed by atoms with Crippen LogP contribution >= 0.6 is 10.7 Å². The summed E-state index contributed by atoms with van der Waals surface area (Å²) in [6.07, 6.45) is 3.11. The second kappa shape index (κ2) is 3.42. The summed E-state index contributed by atoms with van der Waals surface area (Å²) >= 11 is 0. The molecule has 0 amide bonds. The van der Waals surface area contributed by atoms with Crippen molar-refractivity contribution in [3.63, 3.8) is 0 Å². The van der Waals surface area contributed by atoms with Crippen molar-refractivity contribution in [3.8, 4) is 0 Å². The van der Waals surface area contributed by atoms with Crippen LogP contribution in [0.2, 0.25) is 0 Å². The highest BCUT2D eigenvalue weighted by Gasteiger charge is 2.12. The Balaban J connectivity index is 2.66. The SMILES string of the molecule is CCc1nc2ncc(S(=O)(=O)Cl)cn2n1. The first-order chi connectivity index (χ1) is 7.00. The van der Waals surface area contributed by atoms with E-state index in [0.717, 1.165) is 6.20 Å². The second-order valence-corrected chi connectivity index (χ2v) is 5.42. The molecule has 0 aliphatic carbocycles.